The summed E-state index contributed by atoms with van der Waals surface area (Å²) in [4.78, 5) is 4.92. The molecule has 2 nitrogen and oxygen atoms in total. The van der Waals surface area contributed by atoms with Gasteiger partial charge < -0.3 is 9.80 Å². The molecule has 0 aliphatic carbocycles. The molecular formula is C19H26N2. The summed E-state index contributed by atoms with van der Waals surface area (Å²) in [6.07, 6.45) is 4.64. The van der Waals surface area contributed by atoms with Crippen LogP contribution in [0.5, 0.6) is 0 Å². The van der Waals surface area contributed by atoms with Crippen molar-refractivity contribution in [3.8, 4) is 0 Å². The highest BCUT2D eigenvalue weighted by molar-refractivity contribution is 5.32. The lowest BCUT2D eigenvalue weighted by Gasteiger charge is -2.29. The Balaban J connectivity index is 1.57. The molecule has 1 aromatic carbocycles. The van der Waals surface area contributed by atoms with E-state index < -0.39 is 0 Å². The third kappa shape index (κ3) is 3.21. The Morgan fingerprint density at radius 1 is 1.19 bits per heavy atom. The number of nitrogens with zero attached hydrogens (tertiary/aromatic N) is 2. The number of allylic oxidation sites excluding steroid dienone is 1. The van der Waals surface area contributed by atoms with Gasteiger partial charge in [0.2, 0.25) is 0 Å². The van der Waals surface area contributed by atoms with Gasteiger partial charge in [-0.15, -0.1) is 0 Å². The van der Waals surface area contributed by atoms with E-state index in [-0.39, 0.29) is 0 Å². The number of hydrogen-bond donors (Lipinski definition) is 0. The molecule has 3 rings (SSSR count). The van der Waals surface area contributed by atoms with E-state index in [1.165, 1.54) is 36.2 Å². The number of rotatable bonds is 4. The number of benzene rings is 1. The van der Waals surface area contributed by atoms with Gasteiger partial charge in [-0.1, -0.05) is 36.4 Å². The first-order valence-corrected chi connectivity index (χ1v) is 8.04. The number of hydrogen-bond acceptors (Lipinski definition) is 2. The van der Waals surface area contributed by atoms with Crippen molar-refractivity contribution in [2.45, 2.75) is 32.6 Å². The topological polar surface area (TPSA) is 6.48 Å². The molecule has 0 bridgehead atoms. The second-order valence-corrected chi connectivity index (χ2v) is 6.52. The predicted octanol–water partition coefficient (Wildman–Crippen LogP) is 3.74. The molecular weight excluding hydrogens is 256 g/mol. The Hall–Kier alpha value is -1.54. The van der Waals surface area contributed by atoms with Crippen molar-refractivity contribution in [1.82, 2.24) is 9.80 Å². The molecule has 2 aliphatic heterocycles. The number of likely N-dealkylation sites (N-methyl/N-ethyl adjacent to an activating group) is 1. The van der Waals surface area contributed by atoms with Crippen molar-refractivity contribution < 1.29 is 0 Å². The molecule has 0 saturated carbocycles. The van der Waals surface area contributed by atoms with Crippen molar-refractivity contribution in [2.24, 2.45) is 0 Å². The van der Waals surface area contributed by atoms with E-state index in [0.717, 1.165) is 25.9 Å². The van der Waals surface area contributed by atoms with E-state index in [2.05, 4.69) is 54.6 Å². The fourth-order valence-corrected chi connectivity index (χ4v) is 3.48. The average molecular weight is 282 g/mol. The van der Waals surface area contributed by atoms with Gasteiger partial charge >= 0.3 is 0 Å². The summed E-state index contributed by atoms with van der Waals surface area (Å²) in [6.45, 7) is 9.86. The molecule has 1 aromatic rings. The van der Waals surface area contributed by atoms with E-state index in [9.17, 15) is 0 Å². The van der Waals surface area contributed by atoms with Crippen LogP contribution in [0.1, 0.15) is 30.4 Å². The van der Waals surface area contributed by atoms with Crippen molar-refractivity contribution in [2.75, 3.05) is 26.7 Å². The first kappa shape index (κ1) is 14.4. The summed E-state index contributed by atoms with van der Waals surface area (Å²) in [6, 6.07) is 8.94. The summed E-state index contributed by atoms with van der Waals surface area (Å²) in [5.74, 6) is 0. The Morgan fingerprint density at radius 3 is 2.71 bits per heavy atom. The zero-order valence-electron chi connectivity index (χ0n) is 13.4. The van der Waals surface area contributed by atoms with Gasteiger partial charge in [0, 0.05) is 43.9 Å². The molecule has 2 heterocycles. The molecule has 0 atom stereocenters. The minimum Gasteiger partial charge on any atom is -0.349 e. The van der Waals surface area contributed by atoms with Crippen LogP contribution in [-0.4, -0.2) is 36.5 Å². The minimum absolute atomic E-state index is 1.09. The molecule has 0 radical (unpaired) electrons. The van der Waals surface area contributed by atoms with E-state index >= 15 is 0 Å². The standard InChI is InChI=1S/C19H26N2/c1-15-6-8-17(9-7-15)5-4-11-21-16(2)13-18-14-20(3)12-10-19(18)21/h6-9H,2,4-5,10-14H2,1,3H3. The van der Waals surface area contributed by atoms with Crippen LogP contribution in [0.25, 0.3) is 0 Å². The van der Waals surface area contributed by atoms with Crippen molar-refractivity contribution in [1.29, 1.82) is 0 Å². The average Bonchev–Trinajstić information content (AvgIpc) is 2.76. The Bertz CT molecular complexity index is 553. The smallest absolute Gasteiger partial charge is 0.0227 e. The third-order valence-electron chi connectivity index (χ3n) is 4.69. The molecule has 2 heteroatoms. The molecule has 0 unspecified atom stereocenters. The molecule has 0 N–H and O–H groups in total. The van der Waals surface area contributed by atoms with Crippen LogP contribution in [0.15, 0.2) is 47.8 Å². The van der Waals surface area contributed by atoms with Gasteiger partial charge in [-0.25, -0.2) is 0 Å². The van der Waals surface area contributed by atoms with Gasteiger partial charge in [0.25, 0.3) is 0 Å². The van der Waals surface area contributed by atoms with Crippen molar-refractivity contribution in [3.05, 3.63) is 58.9 Å². The lowest BCUT2D eigenvalue weighted by atomic mass is 10.1. The van der Waals surface area contributed by atoms with Crippen LogP contribution in [0.4, 0.5) is 0 Å². The second kappa shape index (κ2) is 6.07. The van der Waals surface area contributed by atoms with Crippen LogP contribution >= 0.6 is 0 Å². The summed E-state index contributed by atoms with van der Waals surface area (Å²) >= 11 is 0. The van der Waals surface area contributed by atoms with Crippen LogP contribution < -0.4 is 0 Å². The van der Waals surface area contributed by atoms with Crippen LogP contribution in [-0.2, 0) is 6.42 Å². The summed E-state index contributed by atoms with van der Waals surface area (Å²) in [7, 11) is 2.21. The summed E-state index contributed by atoms with van der Waals surface area (Å²) in [5, 5.41) is 0. The second-order valence-electron chi connectivity index (χ2n) is 6.52. The largest absolute Gasteiger partial charge is 0.349 e. The molecule has 0 saturated heterocycles. The predicted molar refractivity (Wildman–Crippen MR) is 89.1 cm³/mol. The fourth-order valence-electron chi connectivity index (χ4n) is 3.48. The highest BCUT2D eigenvalue weighted by Crippen LogP contribution is 2.35. The highest BCUT2D eigenvalue weighted by atomic mass is 15.2. The molecule has 21 heavy (non-hydrogen) atoms. The van der Waals surface area contributed by atoms with E-state index in [1.807, 2.05) is 0 Å². The van der Waals surface area contributed by atoms with E-state index in [4.69, 9.17) is 0 Å². The van der Waals surface area contributed by atoms with Gasteiger partial charge in [-0.05, 0) is 37.9 Å². The van der Waals surface area contributed by atoms with Gasteiger partial charge in [0.1, 0.15) is 0 Å². The molecule has 0 aromatic heterocycles. The molecule has 0 amide bonds. The first-order valence-electron chi connectivity index (χ1n) is 8.04. The highest BCUT2D eigenvalue weighted by Gasteiger charge is 2.28. The Labute approximate surface area is 128 Å². The zero-order chi connectivity index (χ0) is 14.8. The number of aryl methyl sites for hydroxylation is 2. The van der Waals surface area contributed by atoms with Crippen molar-refractivity contribution in [3.63, 3.8) is 0 Å². The first-order chi connectivity index (χ1) is 10.1. The van der Waals surface area contributed by atoms with Crippen LogP contribution in [0, 0.1) is 6.92 Å². The normalized spacial score (nSPS) is 19.3. The van der Waals surface area contributed by atoms with Crippen LogP contribution in [0.2, 0.25) is 0 Å². The summed E-state index contributed by atoms with van der Waals surface area (Å²) < 4.78 is 0. The monoisotopic (exact) mass is 282 g/mol. The maximum atomic E-state index is 4.29. The van der Waals surface area contributed by atoms with E-state index in [1.54, 1.807) is 11.3 Å². The lowest BCUT2D eigenvalue weighted by molar-refractivity contribution is 0.321. The van der Waals surface area contributed by atoms with Crippen LogP contribution in [0.3, 0.4) is 0 Å². The fraction of sp³-hybridized carbons (Fsp3) is 0.474. The van der Waals surface area contributed by atoms with Gasteiger partial charge in [0.05, 0.1) is 0 Å². The summed E-state index contributed by atoms with van der Waals surface area (Å²) in [5.41, 5.74) is 7.26. The molecule has 112 valence electrons. The maximum Gasteiger partial charge on any atom is 0.0227 e. The Kier molecular flexibility index (Phi) is 4.16. The minimum atomic E-state index is 1.09. The van der Waals surface area contributed by atoms with Gasteiger partial charge in [-0.3, -0.25) is 0 Å². The Morgan fingerprint density at radius 2 is 1.95 bits per heavy atom. The van der Waals surface area contributed by atoms with Gasteiger partial charge in [0.15, 0.2) is 0 Å². The van der Waals surface area contributed by atoms with Crippen molar-refractivity contribution >= 4 is 0 Å². The zero-order valence-corrected chi connectivity index (χ0v) is 13.4. The van der Waals surface area contributed by atoms with Gasteiger partial charge in [-0.2, -0.15) is 0 Å². The lowest BCUT2D eigenvalue weighted by Crippen LogP contribution is -2.30. The quantitative estimate of drug-likeness (QED) is 0.830. The van der Waals surface area contributed by atoms with E-state index in [0.29, 0.717) is 0 Å². The third-order valence-corrected chi connectivity index (χ3v) is 4.69. The molecule has 0 fully saturated rings. The maximum absolute atomic E-state index is 4.29. The molecule has 2 aliphatic rings. The SMILES string of the molecule is C=C1CC2=C(CCN(C)C2)N1CCCc1ccc(C)cc1. The molecule has 0 spiro atoms.